The molecule has 5 heteroatoms. The molecule has 2 heterocycles. The molecule has 90 valence electrons. The van der Waals surface area contributed by atoms with Gasteiger partial charge in [-0.1, -0.05) is 18.2 Å². The van der Waals surface area contributed by atoms with E-state index < -0.39 is 0 Å². The molecule has 2 N–H and O–H groups in total. The maximum absolute atomic E-state index is 5.94. The molecule has 1 aromatic carbocycles. The van der Waals surface area contributed by atoms with Crippen LogP contribution in [0.3, 0.4) is 0 Å². The van der Waals surface area contributed by atoms with Gasteiger partial charge < -0.3 is 10.2 Å². The third-order valence-corrected chi connectivity index (χ3v) is 2.77. The van der Waals surface area contributed by atoms with Crippen LogP contribution in [-0.2, 0) is 0 Å². The Bertz CT molecular complexity index is 673. The van der Waals surface area contributed by atoms with Crippen molar-refractivity contribution < 1.29 is 4.42 Å². The fraction of sp³-hybridized carbons (Fsp3) is 0. The lowest BCUT2D eigenvalue weighted by Crippen LogP contribution is -2.00. The van der Waals surface area contributed by atoms with Crippen LogP contribution < -0.4 is 5.73 Å². The molecule has 3 aromatic rings. The average Bonchev–Trinajstić information content (AvgIpc) is 2.97. The number of para-hydroxylation sites is 1. The van der Waals surface area contributed by atoms with Crippen molar-refractivity contribution in [3.05, 3.63) is 53.8 Å². The predicted octanol–water partition coefficient (Wildman–Crippen LogP) is 3.37. The van der Waals surface area contributed by atoms with Crippen LogP contribution in [0.25, 0.3) is 17.1 Å². The van der Waals surface area contributed by atoms with Gasteiger partial charge in [-0.3, -0.25) is 0 Å². The van der Waals surface area contributed by atoms with E-state index in [9.17, 15) is 0 Å². The number of rotatable bonds is 2. The molecule has 0 amide bonds. The number of furan rings is 1. The van der Waals surface area contributed by atoms with E-state index >= 15 is 0 Å². The summed E-state index contributed by atoms with van der Waals surface area (Å²) >= 11 is 5.74. The number of hydrogen-bond donors (Lipinski definition) is 1. The number of nitrogens with zero attached hydrogens (tertiary/aromatic N) is 2. The predicted molar refractivity (Wildman–Crippen MR) is 70.7 cm³/mol. The summed E-state index contributed by atoms with van der Waals surface area (Å²) in [7, 11) is 0. The van der Waals surface area contributed by atoms with Crippen molar-refractivity contribution in [2.24, 2.45) is 0 Å². The number of halogens is 1. The van der Waals surface area contributed by atoms with Crippen molar-refractivity contribution >= 4 is 17.4 Å². The van der Waals surface area contributed by atoms with Crippen molar-refractivity contribution in [3.8, 4) is 17.1 Å². The Balaban J connectivity index is 2.06. The first kappa shape index (κ1) is 10.9. The van der Waals surface area contributed by atoms with Gasteiger partial charge in [-0.15, -0.1) is 0 Å². The molecular formula is C13H10ClN3O. The Kier molecular flexibility index (Phi) is 2.57. The van der Waals surface area contributed by atoms with Gasteiger partial charge in [0.1, 0.15) is 11.5 Å². The van der Waals surface area contributed by atoms with Crippen LogP contribution in [0.5, 0.6) is 0 Å². The lowest BCUT2D eigenvalue weighted by atomic mass is 10.3. The summed E-state index contributed by atoms with van der Waals surface area (Å²) in [5, 5.41) is 4.73. The largest absolute Gasteiger partial charge is 0.443 e. The highest BCUT2D eigenvalue weighted by molar-refractivity contribution is 6.28. The summed E-state index contributed by atoms with van der Waals surface area (Å²) in [6.07, 6.45) is 0. The van der Waals surface area contributed by atoms with E-state index in [4.69, 9.17) is 21.8 Å². The number of anilines is 1. The topological polar surface area (TPSA) is 57.0 Å². The molecular weight excluding hydrogens is 250 g/mol. The smallest absolute Gasteiger partial charge is 0.194 e. The Morgan fingerprint density at radius 1 is 1.11 bits per heavy atom. The Labute approximate surface area is 109 Å². The number of hydrogen-bond acceptors (Lipinski definition) is 3. The molecule has 3 rings (SSSR count). The molecule has 0 bridgehead atoms. The first-order valence-electron chi connectivity index (χ1n) is 5.41. The van der Waals surface area contributed by atoms with E-state index in [0.29, 0.717) is 22.5 Å². The molecule has 0 radical (unpaired) electrons. The monoisotopic (exact) mass is 259 g/mol. The molecule has 0 atom stereocenters. The zero-order chi connectivity index (χ0) is 12.5. The summed E-state index contributed by atoms with van der Waals surface area (Å²) in [5.74, 6) is 1.14. The minimum absolute atomic E-state index is 0.331. The average molecular weight is 260 g/mol. The van der Waals surface area contributed by atoms with Gasteiger partial charge in [0.2, 0.25) is 0 Å². The zero-order valence-corrected chi connectivity index (χ0v) is 10.1. The maximum atomic E-state index is 5.94. The molecule has 0 aliphatic rings. The molecule has 0 spiro atoms. The summed E-state index contributed by atoms with van der Waals surface area (Å²) in [6, 6.07) is 14.9. The summed E-state index contributed by atoms with van der Waals surface area (Å²) in [5.41, 5.74) is 7.50. The molecule has 18 heavy (non-hydrogen) atoms. The Morgan fingerprint density at radius 3 is 2.56 bits per heavy atom. The first-order chi connectivity index (χ1) is 8.74. The quantitative estimate of drug-likeness (QED) is 0.768. The SMILES string of the molecule is Nc1cc(-c2ccc(Cl)o2)nn1-c1ccccc1. The fourth-order valence-electron chi connectivity index (χ4n) is 1.74. The van der Waals surface area contributed by atoms with E-state index in [-0.39, 0.29) is 0 Å². The van der Waals surface area contributed by atoms with E-state index in [1.54, 1.807) is 22.9 Å². The van der Waals surface area contributed by atoms with Gasteiger partial charge in [-0.05, 0) is 35.9 Å². The van der Waals surface area contributed by atoms with Crippen molar-refractivity contribution in [1.82, 2.24) is 9.78 Å². The zero-order valence-electron chi connectivity index (χ0n) is 9.38. The normalized spacial score (nSPS) is 10.7. The standard InChI is InChI=1S/C13H10ClN3O/c14-12-7-6-11(18-12)10-8-13(15)17(16-10)9-4-2-1-3-5-9/h1-8H,15H2. The number of nitrogen functional groups attached to an aromatic ring is 1. The third-order valence-electron chi connectivity index (χ3n) is 2.56. The molecule has 0 unspecified atom stereocenters. The van der Waals surface area contributed by atoms with E-state index in [0.717, 1.165) is 5.69 Å². The van der Waals surface area contributed by atoms with E-state index in [2.05, 4.69) is 5.10 Å². The van der Waals surface area contributed by atoms with E-state index in [1.165, 1.54) is 0 Å². The van der Waals surface area contributed by atoms with Gasteiger partial charge in [-0.2, -0.15) is 5.10 Å². The van der Waals surface area contributed by atoms with Crippen molar-refractivity contribution in [2.45, 2.75) is 0 Å². The van der Waals surface area contributed by atoms with Crippen LogP contribution in [0.15, 0.2) is 52.9 Å². The lowest BCUT2D eigenvalue weighted by molar-refractivity contribution is 0.581. The van der Waals surface area contributed by atoms with Crippen LogP contribution in [-0.4, -0.2) is 9.78 Å². The van der Waals surface area contributed by atoms with Gasteiger partial charge in [-0.25, -0.2) is 4.68 Å². The van der Waals surface area contributed by atoms with Crippen LogP contribution in [0.1, 0.15) is 0 Å². The van der Waals surface area contributed by atoms with Crippen LogP contribution in [0.2, 0.25) is 5.22 Å². The second kappa shape index (κ2) is 4.23. The van der Waals surface area contributed by atoms with Crippen LogP contribution in [0, 0.1) is 0 Å². The number of benzene rings is 1. The lowest BCUT2D eigenvalue weighted by Gasteiger charge is -2.02. The van der Waals surface area contributed by atoms with Crippen LogP contribution >= 0.6 is 11.6 Å². The Morgan fingerprint density at radius 2 is 1.89 bits per heavy atom. The van der Waals surface area contributed by atoms with Gasteiger partial charge in [0.15, 0.2) is 11.0 Å². The van der Waals surface area contributed by atoms with E-state index in [1.807, 2.05) is 30.3 Å². The molecule has 0 saturated heterocycles. The van der Waals surface area contributed by atoms with Gasteiger partial charge >= 0.3 is 0 Å². The number of nitrogens with two attached hydrogens (primary N) is 1. The van der Waals surface area contributed by atoms with Crippen LogP contribution in [0.4, 0.5) is 5.82 Å². The van der Waals surface area contributed by atoms with Crippen molar-refractivity contribution in [1.29, 1.82) is 0 Å². The fourth-order valence-corrected chi connectivity index (χ4v) is 1.89. The second-order valence-electron chi connectivity index (χ2n) is 3.81. The molecule has 0 saturated carbocycles. The third kappa shape index (κ3) is 1.87. The molecule has 0 fully saturated rings. The van der Waals surface area contributed by atoms with Crippen molar-refractivity contribution in [3.63, 3.8) is 0 Å². The first-order valence-corrected chi connectivity index (χ1v) is 5.78. The molecule has 0 aliphatic heterocycles. The van der Waals surface area contributed by atoms with Crippen molar-refractivity contribution in [2.75, 3.05) is 5.73 Å². The minimum atomic E-state index is 0.331. The highest BCUT2D eigenvalue weighted by Gasteiger charge is 2.11. The summed E-state index contributed by atoms with van der Waals surface area (Å²) < 4.78 is 6.97. The van der Waals surface area contributed by atoms with Gasteiger partial charge in [0, 0.05) is 6.07 Å². The molecule has 2 aromatic heterocycles. The molecule has 4 nitrogen and oxygen atoms in total. The highest BCUT2D eigenvalue weighted by atomic mass is 35.5. The van der Waals surface area contributed by atoms with Gasteiger partial charge in [0.25, 0.3) is 0 Å². The summed E-state index contributed by atoms with van der Waals surface area (Å²) in [4.78, 5) is 0. The Hall–Kier alpha value is -2.20. The summed E-state index contributed by atoms with van der Waals surface area (Å²) in [6.45, 7) is 0. The maximum Gasteiger partial charge on any atom is 0.194 e. The second-order valence-corrected chi connectivity index (χ2v) is 4.18. The highest BCUT2D eigenvalue weighted by Crippen LogP contribution is 2.26. The number of aromatic nitrogens is 2. The van der Waals surface area contributed by atoms with Gasteiger partial charge in [0.05, 0.1) is 5.69 Å². The minimum Gasteiger partial charge on any atom is -0.443 e. The molecule has 0 aliphatic carbocycles.